The van der Waals surface area contributed by atoms with Crippen LogP contribution in [0, 0.1) is 0 Å². The second kappa shape index (κ2) is 7.81. The maximum Gasteiger partial charge on any atom is 0.143 e. The van der Waals surface area contributed by atoms with E-state index in [4.69, 9.17) is 22.2 Å². The topological polar surface area (TPSA) is 13.1 Å². The molecule has 8 rings (SSSR count). The summed E-state index contributed by atoms with van der Waals surface area (Å²) in [6.45, 7) is 0. The van der Waals surface area contributed by atoms with E-state index in [0.717, 1.165) is 0 Å². The van der Waals surface area contributed by atoms with E-state index in [1.807, 2.05) is 0 Å². The van der Waals surface area contributed by atoms with Crippen molar-refractivity contribution in [1.29, 1.82) is 0 Å². The van der Waals surface area contributed by atoms with Crippen molar-refractivity contribution in [3.8, 4) is 22.3 Å². The lowest BCUT2D eigenvalue weighted by Crippen LogP contribution is -1.91. The molecule has 172 valence electrons. The lowest BCUT2D eigenvalue weighted by molar-refractivity contribution is 0.670. The molecular formula is C36H22O. The molecule has 0 unspecified atom stereocenters. The fraction of sp³-hybridized carbons (Fsp3) is 0. The van der Waals surface area contributed by atoms with Crippen molar-refractivity contribution in [2.45, 2.75) is 0 Å². The Balaban J connectivity index is 1.61. The van der Waals surface area contributed by atoms with Crippen molar-refractivity contribution >= 4 is 54.3 Å². The quantitative estimate of drug-likeness (QED) is 0.222. The van der Waals surface area contributed by atoms with Gasteiger partial charge in [0.2, 0.25) is 0 Å². The van der Waals surface area contributed by atoms with Gasteiger partial charge in [0, 0.05) is 21.9 Å². The molecule has 37 heavy (non-hydrogen) atoms. The van der Waals surface area contributed by atoms with Crippen molar-refractivity contribution in [1.82, 2.24) is 0 Å². The van der Waals surface area contributed by atoms with Gasteiger partial charge in [-0.05, 0) is 55.5 Å². The number of para-hydroxylation sites is 2. The molecule has 1 heterocycles. The predicted octanol–water partition coefficient (Wildman–Crippen LogP) is 10.4. The molecule has 0 saturated heterocycles. The van der Waals surface area contributed by atoms with Gasteiger partial charge in [0.25, 0.3) is 0 Å². The van der Waals surface area contributed by atoms with E-state index in [9.17, 15) is 1.37 Å². The highest BCUT2D eigenvalue weighted by Crippen LogP contribution is 2.46. The molecule has 0 saturated carbocycles. The van der Waals surface area contributed by atoms with E-state index in [0.29, 0.717) is 32.7 Å². The van der Waals surface area contributed by atoms with Gasteiger partial charge in [0.15, 0.2) is 0 Å². The maximum absolute atomic E-state index is 9.31. The number of benzene rings is 7. The Hall–Kier alpha value is -4.88. The molecule has 0 bridgehead atoms. The van der Waals surface area contributed by atoms with Gasteiger partial charge in [-0.3, -0.25) is 0 Å². The Morgan fingerprint density at radius 2 is 1.11 bits per heavy atom. The lowest BCUT2D eigenvalue weighted by Gasteiger charge is -2.18. The van der Waals surface area contributed by atoms with Crippen molar-refractivity contribution in [3.63, 3.8) is 0 Å². The van der Waals surface area contributed by atoms with Crippen LogP contribution < -0.4 is 0 Å². The number of hydrogen-bond donors (Lipinski definition) is 0. The van der Waals surface area contributed by atoms with Crippen molar-refractivity contribution in [2.24, 2.45) is 0 Å². The molecule has 0 aliphatic rings. The zero-order valence-electron chi connectivity index (χ0n) is 33.0. The van der Waals surface area contributed by atoms with Gasteiger partial charge in [0.1, 0.15) is 11.2 Å². The van der Waals surface area contributed by atoms with Crippen LogP contribution in [0.3, 0.4) is 0 Å². The first-order chi connectivity index (χ1) is 24.2. The third kappa shape index (κ3) is 2.98. The molecule has 8 aromatic rings. The summed E-state index contributed by atoms with van der Waals surface area (Å²) >= 11 is 0. The third-order valence-electron chi connectivity index (χ3n) is 6.62. The van der Waals surface area contributed by atoms with E-state index < -0.39 is 72.5 Å². The highest BCUT2D eigenvalue weighted by atomic mass is 16.3. The summed E-state index contributed by atoms with van der Waals surface area (Å²) in [7, 11) is 0. The van der Waals surface area contributed by atoms with Gasteiger partial charge in [-0.2, -0.15) is 0 Å². The minimum Gasteiger partial charge on any atom is -0.455 e. The summed E-state index contributed by atoms with van der Waals surface area (Å²) in [5, 5.41) is 1.25. The van der Waals surface area contributed by atoms with Gasteiger partial charge in [-0.15, -0.1) is 0 Å². The molecule has 1 heteroatoms. The zero-order valence-corrected chi connectivity index (χ0v) is 19.0. The molecule has 0 atom stereocenters. The van der Waals surface area contributed by atoms with Crippen LogP contribution in [-0.4, -0.2) is 0 Å². The minimum atomic E-state index is -0.573. The SMILES string of the molecule is [2H]c1c([2H])c([2H])c2c(oc3c(-c4c5ccccc5c(-c5c([2H])c([2H])c6c([2H])c([2H])c([2H])c([2H])c6c5[2H])c5ccccc45)c([2H])c([2H])c([2H])c32)c1[2H]. The predicted molar refractivity (Wildman–Crippen MR) is 157 cm³/mol. The van der Waals surface area contributed by atoms with Crippen LogP contribution in [0.2, 0.25) is 0 Å². The first-order valence-corrected chi connectivity index (χ1v) is 11.6. The second-order valence-electron chi connectivity index (χ2n) is 8.60. The first kappa shape index (κ1) is 11.0. The summed E-state index contributed by atoms with van der Waals surface area (Å²) < 4.78 is 127. The molecule has 1 nitrogen and oxygen atoms in total. The Bertz CT molecular complexity index is 2850. The van der Waals surface area contributed by atoms with E-state index in [-0.39, 0.29) is 55.9 Å². The van der Waals surface area contributed by atoms with Crippen LogP contribution in [0.15, 0.2) is 138 Å². The Morgan fingerprint density at radius 1 is 0.486 bits per heavy atom. The van der Waals surface area contributed by atoms with Crippen LogP contribution in [0.25, 0.3) is 76.5 Å². The average molecular weight is 485 g/mol. The maximum atomic E-state index is 9.31. The second-order valence-corrected chi connectivity index (χ2v) is 8.60. The van der Waals surface area contributed by atoms with Crippen molar-refractivity contribution < 1.29 is 23.6 Å². The minimum absolute atomic E-state index is 0.0391. The highest BCUT2D eigenvalue weighted by molar-refractivity contribution is 6.24. The van der Waals surface area contributed by atoms with E-state index in [1.165, 1.54) is 0 Å². The number of fused-ring (bicyclic) bond motifs is 6. The van der Waals surface area contributed by atoms with Crippen LogP contribution in [0.1, 0.15) is 19.2 Å². The van der Waals surface area contributed by atoms with Crippen LogP contribution in [0.5, 0.6) is 0 Å². The summed E-state index contributed by atoms with van der Waals surface area (Å²) in [5.74, 6) is 0. The summed E-state index contributed by atoms with van der Waals surface area (Å²) in [6.07, 6.45) is 0. The molecule has 0 radical (unpaired) electrons. The number of rotatable bonds is 2. The fourth-order valence-electron chi connectivity index (χ4n) is 5.08. The monoisotopic (exact) mass is 484 g/mol. The molecule has 7 aromatic carbocycles. The van der Waals surface area contributed by atoms with Crippen molar-refractivity contribution in [3.05, 3.63) is 133 Å². The van der Waals surface area contributed by atoms with Gasteiger partial charge < -0.3 is 4.42 Å². The fourth-order valence-corrected chi connectivity index (χ4v) is 5.08. The van der Waals surface area contributed by atoms with E-state index in [2.05, 4.69) is 0 Å². The summed E-state index contributed by atoms with van der Waals surface area (Å²) in [4.78, 5) is 0. The molecule has 0 fully saturated rings. The van der Waals surface area contributed by atoms with Crippen LogP contribution >= 0.6 is 0 Å². The molecule has 0 aliphatic carbocycles. The normalized spacial score (nSPS) is 17.1. The van der Waals surface area contributed by atoms with E-state index in [1.54, 1.807) is 48.5 Å². The number of furan rings is 1. The first-order valence-electron chi connectivity index (χ1n) is 18.6. The van der Waals surface area contributed by atoms with E-state index >= 15 is 0 Å². The van der Waals surface area contributed by atoms with Crippen molar-refractivity contribution in [2.75, 3.05) is 0 Å². The van der Waals surface area contributed by atoms with Gasteiger partial charge in [-0.1, -0.05) is 121 Å². The summed E-state index contributed by atoms with van der Waals surface area (Å²) in [6, 6.07) is 7.06. The smallest absolute Gasteiger partial charge is 0.143 e. The van der Waals surface area contributed by atoms with Crippen LogP contribution in [0.4, 0.5) is 0 Å². The average Bonchev–Trinajstić information content (AvgIpc) is 3.53. The standard InChI is InChI=1S/C36H22O/c1-2-11-24-22-25(21-20-23(24)10-1)34-27-13-3-5-15-29(27)35(30-16-6-4-14-28(30)34)32-18-9-17-31-26-12-7-8-19-33(26)37-36(31)32/h1-22H/i1D,2D,7D,8D,9D,10D,11D,12D,17D,18D,19D,20D,21D,22D. The summed E-state index contributed by atoms with van der Waals surface area (Å²) in [5.41, 5.74) is 0.422. The van der Waals surface area contributed by atoms with Gasteiger partial charge >= 0.3 is 0 Å². The Morgan fingerprint density at radius 3 is 1.86 bits per heavy atom. The zero-order chi connectivity index (χ0) is 36.5. The molecule has 0 aliphatic heterocycles. The molecular weight excluding hydrogens is 448 g/mol. The van der Waals surface area contributed by atoms with Gasteiger partial charge in [0.05, 0.1) is 19.2 Å². The molecule has 0 N–H and O–H groups in total. The Kier molecular flexibility index (Phi) is 2.33. The van der Waals surface area contributed by atoms with Crippen LogP contribution in [-0.2, 0) is 0 Å². The molecule has 0 spiro atoms. The largest absolute Gasteiger partial charge is 0.455 e. The highest BCUT2D eigenvalue weighted by Gasteiger charge is 2.20. The molecule has 1 aromatic heterocycles. The molecule has 0 amide bonds. The Labute approximate surface area is 233 Å². The van der Waals surface area contributed by atoms with Gasteiger partial charge in [-0.25, -0.2) is 0 Å². The third-order valence-corrected chi connectivity index (χ3v) is 6.62. The number of hydrogen-bond acceptors (Lipinski definition) is 1. The lowest BCUT2D eigenvalue weighted by atomic mass is 9.85.